The third-order valence-electron chi connectivity index (χ3n) is 5.08. The van der Waals surface area contributed by atoms with Crippen LogP contribution in [0.4, 0.5) is 0 Å². The van der Waals surface area contributed by atoms with Crippen molar-refractivity contribution >= 4 is 40.3 Å². The van der Waals surface area contributed by atoms with Gasteiger partial charge in [-0.2, -0.15) is 11.8 Å². The third kappa shape index (κ3) is 5.37. The van der Waals surface area contributed by atoms with Gasteiger partial charge in [0.2, 0.25) is 5.91 Å². The Morgan fingerprint density at radius 1 is 1.23 bits per heavy atom. The quantitative estimate of drug-likeness (QED) is 0.500. The van der Waals surface area contributed by atoms with E-state index in [1.54, 1.807) is 29.6 Å². The van der Waals surface area contributed by atoms with Crippen LogP contribution < -0.4 is 0 Å². The summed E-state index contributed by atoms with van der Waals surface area (Å²) in [6, 6.07) is 13.4. The standard InChI is InChI=1S/C23H27N3O3S2/c1-25(2)14-17-7-8-18(29-17)15-30-13-11-26-21(28)10-12-31-23(26)19-9-6-16-4-3-5-20(27)22(16)24-19/h3-9,23,27H,10-15H2,1-2H3. The first-order valence-electron chi connectivity index (χ1n) is 10.3. The molecule has 1 aromatic carbocycles. The number of pyridine rings is 1. The molecule has 0 saturated carbocycles. The SMILES string of the molecule is CN(C)Cc1ccc(CSCCN2C(=O)CCSC2c2ccc3cccc(O)c3n2)o1. The monoisotopic (exact) mass is 457 g/mol. The van der Waals surface area contributed by atoms with E-state index in [9.17, 15) is 9.90 Å². The number of para-hydroxylation sites is 1. The number of carbonyl (C=O) groups is 1. The minimum Gasteiger partial charge on any atom is -0.506 e. The number of nitrogens with zero attached hydrogens (tertiary/aromatic N) is 3. The molecule has 2 aromatic heterocycles. The average Bonchev–Trinajstić information content (AvgIpc) is 3.18. The van der Waals surface area contributed by atoms with Gasteiger partial charge in [0.15, 0.2) is 0 Å². The van der Waals surface area contributed by atoms with Crippen molar-refractivity contribution in [2.45, 2.75) is 24.1 Å². The Morgan fingerprint density at radius 2 is 2.06 bits per heavy atom. The van der Waals surface area contributed by atoms with Gasteiger partial charge in [-0.1, -0.05) is 18.2 Å². The van der Waals surface area contributed by atoms with Gasteiger partial charge in [0.05, 0.1) is 18.0 Å². The van der Waals surface area contributed by atoms with E-state index < -0.39 is 0 Å². The van der Waals surface area contributed by atoms with Gasteiger partial charge in [-0.05, 0) is 38.4 Å². The fourth-order valence-corrected chi connectivity index (χ4v) is 5.67. The predicted octanol–water partition coefficient (Wildman–Crippen LogP) is 4.49. The van der Waals surface area contributed by atoms with E-state index >= 15 is 0 Å². The molecule has 1 aliphatic heterocycles. The number of rotatable bonds is 8. The highest BCUT2D eigenvalue weighted by Crippen LogP contribution is 2.38. The molecule has 1 saturated heterocycles. The van der Waals surface area contributed by atoms with Crippen LogP contribution in [-0.4, -0.2) is 57.9 Å². The maximum Gasteiger partial charge on any atom is 0.224 e. The minimum atomic E-state index is -0.124. The molecular weight excluding hydrogens is 430 g/mol. The van der Waals surface area contributed by atoms with Crippen molar-refractivity contribution in [1.82, 2.24) is 14.8 Å². The highest BCUT2D eigenvalue weighted by molar-refractivity contribution is 7.99. The van der Waals surface area contributed by atoms with Crippen LogP contribution in [-0.2, 0) is 17.1 Å². The van der Waals surface area contributed by atoms with Crippen molar-refractivity contribution in [2.24, 2.45) is 0 Å². The number of amides is 1. The topological polar surface area (TPSA) is 69.8 Å². The highest BCUT2D eigenvalue weighted by Gasteiger charge is 2.30. The third-order valence-corrected chi connectivity index (χ3v) is 7.29. The smallest absolute Gasteiger partial charge is 0.224 e. The zero-order chi connectivity index (χ0) is 21.8. The molecule has 1 fully saturated rings. The number of hydrogen-bond donors (Lipinski definition) is 1. The second-order valence-corrected chi connectivity index (χ2v) is 10.1. The molecule has 164 valence electrons. The number of aromatic nitrogens is 1. The highest BCUT2D eigenvalue weighted by atomic mass is 32.2. The van der Waals surface area contributed by atoms with Crippen LogP contribution in [0.3, 0.4) is 0 Å². The van der Waals surface area contributed by atoms with Crippen molar-refractivity contribution in [3.05, 3.63) is 59.7 Å². The maximum atomic E-state index is 12.7. The molecule has 1 N–H and O–H groups in total. The number of hydrogen-bond acceptors (Lipinski definition) is 7. The Morgan fingerprint density at radius 3 is 2.90 bits per heavy atom. The molecule has 1 atom stereocenters. The van der Waals surface area contributed by atoms with E-state index in [0.29, 0.717) is 18.5 Å². The summed E-state index contributed by atoms with van der Waals surface area (Å²) in [6.07, 6.45) is 0.552. The molecule has 1 amide bonds. The van der Waals surface area contributed by atoms with Gasteiger partial charge in [-0.15, -0.1) is 11.8 Å². The lowest BCUT2D eigenvalue weighted by molar-refractivity contribution is -0.131. The second-order valence-electron chi connectivity index (χ2n) is 7.80. The zero-order valence-electron chi connectivity index (χ0n) is 17.8. The number of benzene rings is 1. The fraction of sp³-hybridized carbons (Fsp3) is 0.391. The lowest BCUT2D eigenvalue weighted by Crippen LogP contribution is -2.39. The van der Waals surface area contributed by atoms with Crippen molar-refractivity contribution in [3.8, 4) is 5.75 Å². The van der Waals surface area contributed by atoms with Crippen molar-refractivity contribution in [2.75, 3.05) is 32.1 Å². The Hall–Kier alpha value is -2.16. The molecule has 3 heterocycles. The molecule has 1 aliphatic rings. The molecule has 0 radical (unpaired) electrons. The molecule has 8 heteroatoms. The molecule has 0 spiro atoms. The lowest BCUT2D eigenvalue weighted by atomic mass is 10.2. The normalized spacial score (nSPS) is 17.1. The molecule has 6 nitrogen and oxygen atoms in total. The molecule has 3 aromatic rings. The summed E-state index contributed by atoms with van der Waals surface area (Å²) in [7, 11) is 4.04. The van der Waals surface area contributed by atoms with Crippen molar-refractivity contribution in [3.63, 3.8) is 0 Å². The van der Waals surface area contributed by atoms with Crippen LogP contribution in [0.5, 0.6) is 5.75 Å². The number of phenols is 1. The number of fused-ring (bicyclic) bond motifs is 1. The molecule has 31 heavy (non-hydrogen) atoms. The van der Waals surface area contributed by atoms with Gasteiger partial charge in [0, 0.05) is 29.9 Å². The lowest BCUT2D eigenvalue weighted by Gasteiger charge is -2.34. The summed E-state index contributed by atoms with van der Waals surface area (Å²) in [5, 5.41) is 10.9. The number of furan rings is 1. The summed E-state index contributed by atoms with van der Waals surface area (Å²) in [5.74, 6) is 4.66. The van der Waals surface area contributed by atoms with Gasteiger partial charge >= 0.3 is 0 Å². The van der Waals surface area contributed by atoms with Crippen LogP contribution in [0.15, 0.2) is 46.9 Å². The Bertz CT molecular complexity index is 1050. The van der Waals surface area contributed by atoms with Gasteiger partial charge < -0.3 is 19.3 Å². The van der Waals surface area contributed by atoms with E-state index in [1.165, 1.54) is 0 Å². The summed E-state index contributed by atoms with van der Waals surface area (Å²) in [5.41, 5.74) is 1.40. The molecule has 4 rings (SSSR count). The van der Waals surface area contributed by atoms with E-state index in [0.717, 1.165) is 46.4 Å². The van der Waals surface area contributed by atoms with E-state index in [-0.39, 0.29) is 17.0 Å². The summed E-state index contributed by atoms with van der Waals surface area (Å²) >= 11 is 3.50. The minimum absolute atomic E-state index is 0.124. The summed E-state index contributed by atoms with van der Waals surface area (Å²) in [6.45, 7) is 1.45. The van der Waals surface area contributed by atoms with E-state index in [4.69, 9.17) is 9.40 Å². The number of phenolic OH excluding ortho intramolecular Hbond substituents is 1. The Kier molecular flexibility index (Phi) is 7.09. The molecule has 0 aliphatic carbocycles. The van der Waals surface area contributed by atoms with Crippen molar-refractivity contribution < 1.29 is 14.3 Å². The largest absolute Gasteiger partial charge is 0.506 e. The first-order chi connectivity index (χ1) is 15.0. The second kappa shape index (κ2) is 9.97. The van der Waals surface area contributed by atoms with Crippen LogP contribution in [0.1, 0.15) is 29.0 Å². The number of thioether (sulfide) groups is 2. The average molecular weight is 458 g/mol. The number of carbonyl (C=O) groups excluding carboxylic acids is 1. The van der Waals surface area contributed by atoms with Gasteiger partial charge in [-0.25, -0.2) is 4.98 Å². The first kappa shape index (κ1) is 22.0. The first-order valence-corrected chi connectivity index (χ1v) is 12.5. The molecule has 0 bridgehead atoms. The van der Waals surface area contributed by atoms with Gasteiger partial charge in [0.1, 0.15) is 28.2 Å². The van der Waals surface area contributed by atoms with Crippen LogP contribution >= 0.6 is 23.5 Å². The van der Waals surface area contributed by atoms with Crippen LogP contribution in [0, 0.1) is 0 Å². The molecular formula is C23H27N3O3S2. The van der Waals surface area contributed by atoms with E-state index in [2.05, 4.69) is 4.90 Å². The van der Waals surface area contributed by atoms with Gasteiger partial charge in [0.25, 0.3) is 0 Å². The Labute approximate surface area is 191 Å². The zero-order valence-corrected chi connectivity index (χ0v) is 19.4. The summed E-state index contributed by atoms with van der Waals surface area (Å²) < 4.78 is 5.87. The fourth-order valence-electron chi connectivity index (χ4n) is 3.63. The van der Waals surface area contributed by atoms with Crippen LogP contribution in [0.2, 0.25) is 0 Å². The summed E-state index contributed by atoms with van der Waals surface area (Å²) in [4.78, 5) is 21.4. The predicted molar refractivity (Wildman–Crippen MR) is 127 cm³/mol. The number of aromatic hydroxyl groups is 1. The molecule has 1 unspecified atom stereocenters. The van der Waals surface area contributed by atoms with Crippen LogP contribution in [0.25, 0.3) is 10.9 Å². The van der Waals surface area contributed by atoms with Crippen molar-refractivity contribution in [1.29, 1.82) is 0 Å². The maximum absolute atomic E-state index is 12.7. The van der Waals surface area contributed by atoms with E-state index in [1.807, 2.05) is 55.4 Å². The van der Waals surface area contributed by atoms with Gasteiger partial charge in [-0.3, -0.25) is 4.79 Å². The Balaban J connectivity index is 1.39.